The van der Waals surface area contributed by atoms with Crippen molar-refractivity contribution in [3.05, 3.63) is 36.5 Å². The van der Waals surface area contributed by atoms with Crippen molar-refractivity contribution in [2.24, 2.45) is 11.3 Å². The van der Waals surface area contributed by atoms with Gasteiger partial charge in [0.25, 0.3) is 0 Å². The lowest BCUT2D eigenvalue weighted by Gasteiger charge is -2.29. The van der Waals surface area contributed by atoms with Crippen LogP contribution in [-0.2, 0) is 9.53 Å². The number of carbonyl (C=O) groups excluding carboxylic acids is 1. The predicted octanol–water partition coefficient (Wildman–Crippen LogP) is 4.68. The first-order chi connectivity index (χ1) is 8.66. The van der Waals surface area contributed by atoms with Crippen LogP contribution in [0.5, 0.6) is 0 Å². The van der Waals surface area contributed by atoms with Gasteiger partial charge in [-0.1, -0.05) is 65.0 Å². The largest absolute Gasteiger partial charge is 0.458 e. The van der Waals surface area contributed by atoms with Crippen molar-refractivity contribution in [1.29, 1.82) is 0 Å². The van der Waals surface area contributed by atoms with Gasteiger partial charge in [0, 0.05) is 12.5 Å². The lowest BCUT2D eigenvalue weighted by Crippen LogP contribution is -2.30. The molecule has 0 rings (SSSR count). The third-order valence-electron chi connectivity index (χ3n) is 2.82. The van der Waals surface area contributed by atoms with Crippen LogP contribution in [0, 0.1) is 11.3 Å². The molecule has 0 spiro atoms. The molecule has 0 bridgehead atoms. The van der Waals surface area contributed by atoms with E-state index in [1.54, 1.807) is 6.08 Å². The van der Waals surface area contributed by atoms with Gasteiger partial charge < -0.3 is 4.74 Å². The fraction of sp³-hybridized carbons (Fsp3) is 0.588. The molecule has 108 valence electrons. The molecule has 0 radical (unpaired) electrons. The lowest BCUT2D eigenvalue weighted by atomic mass is 9.86. The molecule has 0 aliphatic carbocycles. The summed E-state index contributed by atoms with van der Waals surface area (Å²) in [4.78, 5) is 11.8. The number of rotatable bonds is 6. The van der Waals surface area contributed by atoms with Crippen molar-refractivity contribution in [2.45, 2.75) is 54.1 Å². The smallest absolute Gasteiger partial charge is 0.330 e. The Balaban J connectivity index is 4.71. The highest BCUT2D eigenvalue weighted by Crippen LogP contribution is 2.26. The maximum Gasteiger partial charge on any atom is 0.330 e. The van der Waals surface area contributed by atoms with Gasteiger partial charge in [-0.3, -0.25) is 0 Å². The molecule has 2 nitrogen and oxygen atoms in total. The normalized spacial score (nSPS) is 14.8. The summed E-state index contributed by atoms with van der Waals surface area (Å²) in [6, 6.07) is 0. The van der Waals surface area contributed by atoms with Crippen LogP contribution < -0.4 is 0 Å². The van der Waals surface area contributed by atoms with Gasteiger partial charge in [0.05, 0.1) is 0 Å². The van der Waals surface area contributed by atoms with Gasteiger partial charge in [0.15, 0.2) is 0 Å². The van der Waals surface area contributed by atoms with E-state index in [-0.39, 0.29) is 17.5 Å². The molecule has 2 heteroatoms. The third-order valence-corrected chi connectivity index (χ3v) is 2.82. The minimum absolute atomic E-state index is 0.0840. The molecule has 1 atom stereocenters. The number of ether oxygens (including phenoxy) is 1. The number of allylic oxidation sites excluding steroid dienone is 3. The van der Waals surface area contributed by atoms with Crippen LogP contribution in [0.2, 0.25) is 0 Å². The zero-order valence-electron chi connectivity index (χ0n) is 13.2. The Bertz CT molecular complexity index is 354. The summed E-state index contributed by atoms with van der Waals surface area (Å²) in [5, 5.41) is 0. The second-order valence-corrected chi connectivity index (χ2v) is 6.28. The number of hydrogen-bond donors (Lipinski definition) is 0. The van der Waals surface area contributed by atoms with E-state index in [1.165, 1.54) is 6.08 Å². The topological polar surface area (TPSA) is 26.3 Å². The lowest BCUT2D eigenvalue weighted by molar-refractivity contribution is -0.148. The molecule has 0 aliphatic heterocycles. The average Bonchev–Trinajstić information content (AvgIpc) is 2.29. The zero-order valence-corrected chi connectivity index (χ0v) is 13.2. The van der Waals surface area contributed by atoms with Gasteiger partial charge in [-0.2, -0.15) is 0 Å². The maximum absolute atomic E-state index is 11.8. The van der Waals surface area contributed by atoms with Gasteiger partial charge in [-0.05, 0) is 18.3 Å². The van der Waals surface area contributed by atoms with Crippen molar-refractivity contribution in [3.63, 3.8) is 0 Å². The molecule has 0 amide bonds. The van der Waals surface area contributed by atoms with Crippen LogP contribution in [0.4, 0.5) is 0 Å². The Morgan fingerprint density at radius 3 is 2.32 bits per heavy atom. The molecule has 1 unspecified atom stereocenters. The summed E-state index contributed by atoms with van der Waals surface area (Å²) in [6.07, 6.45) is 7.82. The van der Waals surface area contributed by atoms with Crippen molar-refractivity contribution in [2.75, 3.05) is 0 Å². The van der Waals surface area contributed by atoms with E-state index >= 15 is 0 Å². The predicted molar refractivity (Wildman–Crippen MR) is 81.9 cm³/mol. The minimum Gasteiger partial charge on any atom is -0.458 e. The van der Waals surface area contributed by atoms with Gasteiger partial charge in [-0.15, -0.1) is 0 Å². The summed E-state index contributed by atoms with van der Waals surface area (Å²) >= 11 is 0. The Hall–Kier alpha value is -1.31. The first-order valence-electron chi connectivity index (χ1n) is 6.84. The molecular formula is C17H28O2. The molecule has 0 aromatic heterocycles. The summed E-state index contributed by atoms with van der Waals surface area (Å²) in [5.74, 6) is 0.0850. The summed E-state index contributed by atoms with van der Waals surface area (Å²) < 4.78 is 5.56. The monoisotopic (exact) mass is 264 g/mol. The fourth-order valence-corrected chi connectivity index (χ4v) is 1.41. The van der Waals surface area contributed by atoms with Crippen LogP contribution in [0.15, 0.2) is 36.5 Å². The maximum atomic E-state index is 11.8. The van der Waals surface area contributed by atoms with Gasteiger partial charge in [0.1, 0.15) is 6.10 Å². The molecule has 0 fully saturated rings. The molecule has 0 aromatic carbocycles. The van der Waals surface area contributed by atoms with Gasteiger partial charge in [0.2, 0.25) is 0 Å². The van der Waals surface area contributed by atoms with Crippen molar-refractivity contribution >= 4 is 5.97 Å². The fourth-order valence-electron chi connectivity index (χ4n) is 1.41. The standard InChI is InChI=1S/C17H28O2/c1-8-14(4)10-11-15(17(5,6)7)19-16(18)12-9-13(2)3/h8-10,12-13,15H,1,11H2,2-7H3/b12-9+,14-10+. The van der Waals surface area contributed by atoms with E-state index in [2.05, 4.69) is 33.4 Å². The second kappa shape index (κ2) is 7.98. The van der Waals surface area contributed by atoms with Gasteiger partial charge in [-0.25, -0.2) is 4.79 Å². The Morgan fingerprint density at radius 1 is 1.32 bits per heavy atom. The highest BCUT2D eigenvalue weighted by atomic mass is 16.5. The number of carbonyl (C=O) groups is 1. The highest BCUT2D eigenvalue weighted by molar-refractivity contribution is 5.82. The SMILES string of the molecule is C=C/C(C)=C/CC(OC(=O)/C=C/C(C)C)C(C)(C)C. The van der Waals surface area contributed by atoms with Crippen LogP contribution >= 0.6 is 0 Å². The first-order valence-corrected chi connectivity index (χ1v) is 6.84. The van der Waals surface area contributed by atoms with Crippen molar-refractivity contribution in [1.82, 2.24) is 0 Å². The molecule has 19 heavy (non-hydrogen) atoms. The molecule has 0 saturated heterocycles. The molecule has 0 N–H and O–H groups in total. The Labute approximate surface area is 118 Å². The van der Waals surface area contributed by atoms with E-state index in [0.29, 0.717) is 12.3 Å². The second-order valence-electron chi connectivity index (χ2n) is 6.28. The van der Waals surface area contributed by atoms with E-state index in [1.807, 2.05) is 26.8 Å². The quantitative estimate of drug-likeness (QED) is 0.395. The van der Waals surface area contributed by atoms with E-state index in [9.17, 15) is 4.79 Å². The summed E-state index contributed by atoms with van der Waals surface area (Å²) in [7, 11) is 0. The molecule has 0 aromatic rings. The number of esters is 1. The average molecular weight is 264 g/mol. The number of hydrogen-bond acceptors (Lipinski definition) is 2. The van der Waals surface area contributed by atoms with Crippen LogP contribution in [0.3, 0.4) is 0 Å². The van der Waals surface area contributed by atoms with E-state index in [4.69, 9.17) is 4.74 Å². The highest BCUT2D eigenvalue weighted by Gasteiger charge is 2.26. The van der Waals surface area contributed by atoms with E-state index < -0.39 is 0 Å². The molecular weight excluding hydrogens is 236 g/mol. The van der Waals surface area contributed by atoms with Crippen molar-refractivity contribution < 1.29 is 9.53 Å². The van der Waals surface area contributed by atoms with Gasteiger partial charge >= 0.3 is 5.97 Å². The van der Waals surface area contributed by atoms with Crippen molar-refractivity contribution in [3.8, 4) is 0 Å². The Kier molecular flexibility index (Phi) is 7.43. The van der Waals surface area contributed by atoms with Crippen LogP contribution in [0.25, 0.3) is 0 Å². The Morgan fingerprint density at radius 2 is 1.89 bits per heavy atom. The summed E-state index contributed by atoms with van der Waals surface area (Å²) in [5.41, 5.74) is 1.02. The first kappa shape index (κ1) is 17.7. The van der Waals surface area contributed by atoms with Crippen LogP contribution in [-0.4, -0.2) is 12.1 Å². The molecule has 0 aliphatic rings. The molecule has 0 saturated carbocycles. The minimum atomic E-state index is -0.265. The third kappa shape index (κ3) is 8.41. The van der Waals surface area contributed by atoms with Crippen LogP contribution in [0.1, 0.15) is 48.0 Å². The van der Waals surface area contributed by atoms with E-state index in [0.717, 1.165) is 5.57 Å². The zero-order chi connectivity index (χ0) is 15.1. The summed E-state index contributed by atoms with van der Waals surface area (Å²) in [6.45, 7) is 16.0. The molecule has 0 heterocycles.